The number of carbonyl (C=O) groups excluding carboxylic acids is 1. The zero-order chi connectivity index (χ0) is 14.8. The lowest BCUT2D eigenvalue weighted by Gasteiger charge is -2.21. The van der Waals surface area contributed by atoms with E-state index in [1.54, 1.807) is 4.90 Å². The minimum Gasteiger partial charge on any atom is -0.365 e. The highest BCUT2D eigenvalue weighted by Gasteiger charge is 2.30. The fourth-order valence-corrected chi connectivity index (χ4v) is 3.08. The van der Waals surface area contributed by atoms with Gasteiger partial charge < -0.3 is 15.5 Å². The van der Waals surface area contributed by atoms with Crippen molar-refractivity contribution < 1.29 is 13.6 Å². The number of nitrogens with one attached hydrogen (secondary N) is 2. The Balaban J connectivity index is 0.00000176. The van der Waals surface area contributed by atoms with Crippen LogP contribution in [0.2, 0.25) is 0 Å². The van der Waals surface area contributed by atoms with Crippen molar-refractivity contribution in [1.82, 2.24) is 10.6 Å². The molecule has 3 rings (SSSR count). The predicted molar refractivity (Wildman–Crippen MR) is 83.4 cm³/mol. The van der Waals surface area contributed by atoms with Gasteiger partial charge in [-0.15, -0.1) is 12.4 Å². The Hall–Kier alpha value is -1.40. The average Bonchev–Trinajstić information content (AvgIpc) is 3.10. The molecular weight excluding hydrogens is 312 g/mol. The van der Waals surface area contributed by atoms with Crippen molar-refractivity contribution in [1.29, 1.82) is 0 Å². The Kier molecular flexibility index (Phi) is 5.58. The molecular formula is C15H20ClF2N3O. The van der Waals surface area contributed by atoms with Gasteiger partial charge in [-0.3, -0.25) is 4.79 Å². The van der Waals surface area contributed by atoms with Crippen LogP contribution in [-0.4, -0.2) is 37.6 Å². The molecule has 1 amide bonds. The molecule has 2 atom stereocenters. The largest absolute Gasteiger partial charge is 0.365 e. The van der Waals surface area contributed by atoms with Gasteiger partial charge in [-0.1, -0.05) is 6.07 Å². The lowest BCUT2D eigenvalue weighted by Crippen LogP contribution is -2.46. The SMILES string of the molecule is Cl.O=C(NC1CCN(c2c(F)cccc2F)C1)[C@@H]1CCCN1. The molecule has 122 valence electrons. The van der Waals surface area contributed by atoms with Crippen molar-refractivity contribution in [2.45, 2.75) is 31.3 Å². The van der Waals surface area contributed by atoms with E-state index < -0.39 is 11.6 Å². The van der Waals surface area contributed by atoms with E-state index in [2.05, 4.69) is 10.6 Å². The molecule has 1 aromatic carbocycles. The van der Waals surface area contributed by atoms with Crippen LogP contribution in [0.15, 0.2) is 18.2 Å². The molecule has 0 bridgehead atoms. The molecule has 1 unspecified atom stereocenters. The van der Waals surface area contributed by atoms with Gasteiger partial charge in [0.15, 0.2) is 0 Å². The first-order chi connectivity index (χ1) is 10.1. The van der Waals surface area contributed by atoms with Crippen LogP contribution in [0.1, 0.15) is 19.3 Å². The molecule has 0 radical (unpaired) electrons. The topological polar surface area (TPSA) is 44.4 Å². The lowest BCUT2D eigenvalue weighted by molar-refractivity contribution is -0.123. The lowest BCUT2D eigenvalue weighted by atomic mass is 10.2. The van der Waals surface area contributed by atoms with Crippen LogP contribution in [0.5, 0.6) is 0 Å². The second kappa shape index (κ2) is 7.24. The van der Waals surface area contributed by atoms with Gasteiger partial charge in [0, 0.05) is 19.1 Å². The summed E-state index contributed by atoms with van der Waals surface area (Å²) in [5, 5.41) is 6.12. The Bertz CT molecular complexity index is 517. The van der Waals surface area contributed by atoms with Gasteiger partial charge in [-0.2, -0.15) is 0 Å². The van der Waals surface area contributed by atoms with Crippen LogP contribution in [0.25, 0.3) is 0 Å². The molecule has 4 nitrogen and oxygen atoms in total. The molecule has 2 aliphatic rings. The number of anilines is 1. The third-order valence-corrected chi connectivity index (χ3v) is 4.17. The smallest absolute Gasteiger partial charge is 0.237 e. The molecule has 2 aliphatic heterocycles. The standard InChI is InChI=1S/C15H19F2N3O.ClH/c16-11-3-1-4-12(17)14(11)20-8-6-10(9-20)19-15(21)13-5-2-7-18-13;/h1,3-4,10,13,18H,2,5-9H2,(H,19,21);1H/t10?,13-;/m0./s1. The molecule has 2 N–H and O–H groups in total. The van der Waals surface area contributed by atoms with Gasteiger partial charge in [-0.25, -0.2) is 8.78 Å². The Morgan fingerprint density at radius 3 is 2.64 bits per heavy atom. The van der Waals surface area contributed by atoms with E-state index in [0.29, 0.717) is 19.5 Å². The van der Waals surface area contributed by atoms with E-state index >= 15 is 0 Å². The molecule has 0 aliphatic carbocycles. The summed E-state index contributed by atoms with van der Waals surface area (Å²) < 4.78 is 27.5. The summed E-state index contributed by atoms with van der Waals surface area (Å²) >= 11 is 0. The molecule has 0 saturated carbocycles. The van der Waals surface area contributed by atoms with Crippen molar-refractivity contribution >= 4 is 24.0 Å². The van der Waals surface area contributed by atoms with E-state index in [-0.39, 0.29) is 36.1 Å². The zero-order valence-electron chi connectivity index (χ0n) is 12.1. The second-order valence-electron chi connectivity index (χ2n) is 5.66. The molecule has 1 aromatic rings. The van der Waals surface area contributed by atoms with Crippen LogP contribution in [0.4, 0.5) is 14.5 Å². The number of nitrogens with zero attached hydrogens (tertiary/aromatic N) is 1. The Morgan fingerprint density at radius 2 is 2.00 bits per heavy atom. The Labute approximate surface area is 134 Å². The molecule has 0 spiro atoms. The number of carbonyl (C=O) groups is 1. The van der Waals surface area contributed by atoms with Crippen molar-refractivity contribution in [2.24, 2.45) is 0 Å². The first-order valence-corrected chi connectivity index (χ1v) is 7.38. The first-order valence-electron chi connectivity index (χ1n) is 7.38. The van der Waals surface area contributed by atoms with Crippen LogP contribution in [0.3, 0.4) is 0 Å². The van der Waals surface area contributed by atoms with E-state index in [1.807, 2.05) is 0 Å². The first kappa shape index (κ1) is 17.0. The van der Waals surface area contributed by atoms with Gasteiger partial charge in [0.2, 0.25) is 5.91 Å². The molecule has 2 fully saturated rings. The number of amides is 1. The minimum absolute atomic E-state index is 0. The predicted octanol–water partition coefficient (Wildman–Crippen LogP) is 1.83. The summed E-state index contributed by atoms with van der Waals surface area (Å²) in [6.45, 7) is 1.85. The number of halogens is 3. The highest BCUT2D eigenvalue weighted by Crippen LogP contribution is 2.26. The third kappa shape index (κ3) is 3.50. The molecule has 0 aromatic heterocycles. The molecule has 22 heavy (non-hydrogen) atoms. The van der Waals surface area contributed by atoms with E-state index in [0.717, 1.165) is 19.4 Å². The van der Waals surface area contributed by atoms with E-state index in [4.69, 9.17) is 0 Å². The summed E-state index contributed by atoms with van der Waals surface area (Å²) in [7, 11) is 0. The molecule has 2 saturated heterocycles. The van der Waals surface area contributed by atoms with Gasteiger partial charge in [0.25, 0.3) is 0 Å². The minimum atomic E-state index is -0.556. The maximum Gasteiger partial charge on any atom is 0.237 e. The van der Waals surface area contributed by atoms with E-state index in [9.17, 15) is 13.6 Å². The van der Waals surface area contributed by atoms with Crippen LogP contribution >= 0.6 is 12.4 Å². The van der Waals surface area contributed by atoms with Crippen molar-refractivity contribution in [2.75, 3.05) is 24.5 Å². The van der Waals surface area contributed by atoms with Gasteiger partial charge in [0.1, 0.15) is 17.3 Å². The number of rotatable bonds is 3. The number of hydrogen-bond donors (Lipinski definition) is 2. The summed E-state index contributed by atoms with van der Waals surface area (Å²) in [5.74, 6) is -1.12. The van der Waals surface area contributed by atoms with Crippen molar-refractivity contribution in [3.05, 3.63) is 29.8 Å². The Morgan fingerprint density at radius 1 is 1.27 bits per heavy atom. The van der Waals surface area contributed by atoms with Gasteiger partial charge in [-0.05, 0) is 37.9 Å². The van der Waals surface area contributed by atoms with Gasteiger partial charge in [0.05, 0.1) is 6.04 Å². The third-order valence-electron chi connectivity index (χ3n) is 4.17. The van der Waals surface area contributed by atoms with Crippen molar-refractivity contribution in [3.8, 4) is 0 Å². The number of hydrogen-bond acceptors (Lipinski definition) is 3. The van der Waals surface area contributed by atoms with Crippen LogP contribution in [0, 0.1) is 11.6 Å². The average molecular weight is 332 g/mol. The molecule has 2 heterocycles. The highest BCUT2D eigenvalue weighted by molar-refractivity contribution is 5.85. The zero-order valence-corrected chi connectivity index (χ0v) is 13.0. The van der Waals surface area contributed by atoms with Crippen molar-refractivity contribution in [3.63, 3.8) is 0 Å². The van der Waals surface area contributed by atoms with E-state index in [1.165, 1.54) is 18.2 Å². The quantitative estimate of drug-likeness (QED) is 0.888. The fourth-order valence-electron chi connectivity index (χ4n) is 3.08. The fraction of sp³-hybridized carbons (Fsp3) is 0.533. The van der Waals surface area contributed by atoms with Crippen LogP contribution < -0.4 is 15.5 Å². The maximum atomic E-state index is 13.8. The van der Waals surface area contributed by atoms with Crippen LogP contribution in [-0.2, 0) is 4.79 Å². The summed E-state index contributed by atoms with van der Waals surface area (Å²) in [4.78, 5) is 13.7. The normalized spacial score (nSPS) is 24.2. The highest BCUT2D eigenvalue weighted by atomic mass is 35.5. The number of para-hydroxylation sites is 1. The summed E-state index contributed by atoms with van der Waals surface area (Å²) in [6, 6.07) is 3.69. The monoisotopic (exact) mass is 331 g/mol. The summed E-state index contributed by atoms with van der Waals surface area (Å²) in [5.41, 5.74) is 0.00763. The summed E-state index contributed by atoms with van der Waals surface area (Å²) in [6.07, 6.45) is 2.56. The number of benzene rings is 1. The second-order valence-corrected chi connectivity index (χ2v) is 5.66. The maximum absolute atomic E-state index is 13.8. The van der Waals surface area contributed by atoms with Gasteiger partial charge >= 0.3 is 0 Å². The molecule has 7 heteroatoms.